The highest BCUT2D eigenvalue weighted by molar-refractivity contribution is 6.32. The fraction of sp³-hybridized carbons (Fsp3) is 0.514. The van der Waals surface area contributed by atoms with Crippen molar-refractivity contribution < 1.29 is 42.9 Å². The average Bonchev–Trinajstić information content (AvgIpc) is 3.86. The Morgan fingerprint density at radius 2 is 1.69 bits per heavy atom. The fourth-order valence-electron chi connectivity index (χ4n) is 5.62. The van der Waals surface area contributed by atoms with E-state index in [0.29, 0.717) is 16.3 Å². The lowest BCUT2D eigenvalue weighted by Crippen LogP contribution is -2.51. The molecule has 0 radical (unpaired) electrons. The van der Waals surface area contributed by atoms with Crippen LogP contribution >= 0.6 is 11.6 Å². The molecule has 4 rings (SSSR count). The van der Waals surface area contributed by atoms with Gasteiger partial charge in [-0.25, -0.2) is 4.79 Å². The van der Waals surface area contributed by atoms with Gasteiger partial charge in [0.15, 0.2) is 6.10 Å². The molecule has 0 bridgehead atoms. The number of amides is 2. The summed E-state index contributed by atoms with van der Waals surface area (Å²) in [4.78, 5) is 53.7. The molecule has 2 aromatic carbocycles. The van der Waals surface area contributed by atoms with Gasteiger partial charge >= 0.3 is 11.9 Å². The number of ether oxygens (including phenoxy) is 5. The first-order valence-corrected chi connectivity index (χ1v) is 16.9. The Kier molecular flexibility index (Phi) is 12.7. The molecule has 0 aliphatic carbocycles. The van der Waals surface area contributed by atoms with Gasteiger partial charge in [0, 0.05) is 25.3 Å². The van der Waals surface area contributed by atoms with Crippen molar-refractivity contribution in [2.24, 2.45) is 17.3 Å². The smallest absolute Gasteiger partial charge is 0.347 e. The Labute approximate surface area is 293 Å². The number of nitrogens with one attached hydrogen (secondary N) is 2. The molecule has 266 valence electrons. The number of esters is 2. The van der Waals surface area contributed by atoms with Gasteiger partial charge in [-0.1, -0.05) is 56.6 Å². The summed E-state index contributed by atoms with van der Waals surface area (Å²) >= 11 is 6.32. The fourth-order valence-corrected chi connectivity index (χ4v) is 5.90. The van der Waals surface area contributed by atoms with Gasteiger partial charge in [-0.15, -0.1) is 0 Å². The third-order valence-corrected chi connectivity index (χ3v) is 9.02. The summed E-state index contributed by atoms with van der Waals surface area (Å²) in [5, 5.41) is 5.90. The molecule has 2 aliphatic rings. The van der Waals surface area contributed by atoms with Crippen molar-refractivity contribution in [2.45, 2.75) is 84.3 Å². The molecule has 0 unspecified atom stereocenters. The van der Waals surface area contributed by atoms with E-state index in [1.807, 2.05) is 45.0 Å². The lowest BCUT2D eigenvalue weighted by molar-refractivity contribution is -0.179. The van der Waals surface area contributed by atoms with Crippen LogP contribution in [0.4, 0.5) is 0 Å². The van der Waals surface area contributed by atoms with Gasteiger partial charge in [0.05, 0.1) is 30.8 Å². The van der Waals surface area contributed by atoms with Gasteiger partial charge in [0.2, 0.25) is 11.8 Å². The van der Waals surface area contributed by atoms with Crippen molar-refractivity contribution in [1.29, 1.82) is 0 Å². The SMILES string of the molecule is COc1ccc([C@@H]2O[C@H]2[C@@H](C)[C@@H]2C/C=C/C(=O)N[C@H](Cc3ccc(OC)c(Cl)c3)C(=O)NCC(C)(C)C(=O)O[C@@H](CC(C)C)C(=O)O2)cc1. The van der Waals surface area contributed by atoms with Gasteiger partial charge in [-0.2, -0.15) is 0 Å². The van der Waals surface area contributed by atoms with E-state index in [1.165, 1.54) is 13.2 Å². The topological polar surface area (TPSA) is 142 Å². The largest absolute Gasteiger partial charge is 0.497 e. The molecule has 12 heteroatoms. The minimum absolute atomic E-state index is 0.0108. The molecular weight excluding hydrogens is 652 g/mol. The molecule has 11 nitrogen and oxygen atoms in total. The number of hydrogen-bond acceptors (Lipinski definition) is 9. The molecule has 2 aliphatic heterocycles. The summed E-state index contributed by atoms with van der Waals surface area (Å²) in [5.41, 5.74) is 0.445. The minimum atomic E-state index is -1.21. The number of methoxy groups -OCH3 is 2. The maximum atomic E-state index is 13.6. The van der Waals surface area contributed by atoms with E-state index in [2.05, 4.69) is 10.6 Å². The van der Waals surface area contributed by atoms with Crippen molar-refractivity contribution in [2.75, 3.05) is 20.8 Å². The summed E-state index contributed by atoms with van der Waals surface area (Å²) in [6, 6.07) is 11.7. The van der Waals surface area contributed by atoms with Crippen LogP contribution in [0.5, 0.6) is 11.5 Å². The monoisotopic (exact) mass is 698 g/mol. The third kappa shape index (κ3) is 10.2. The predicted octanol–water partition coefficient (Wildman–Crippen LogP) is 5.13. The van der Waals surface area contributed by atoms with E-state index < -0.39 is 47.4 Å². The molecule has 6 atom stereocenters. The first kappa shape index (κ1) is 37.7. The number of cyclic esters (lactones) is 2. The minimum Gasteiger partial charge on any atom is -0.497 e. The van der Waals surface area contributed by atoms with Crippen LogP contribution in [0.25, 0.3) is 0 Å². The van der Waals surface area contributed by atoms with Crippen LogP contribution in [0.2, 0.25) is 5.02 Å². The van der Waals surface area contributed by atoms with Crippen LogP contribution in [0.3, 0.4) is 0 Å². The quantitative estimate of drug-likeness (QED) is 0.269. The molecule has 2 aromatic rings. The van der Waals surface area contributed by atoms with Gasteiger partial charge in [-0.05, 0) is 67.7 Å². The standard InChI is InChI=1S/C37H47ClN2O9/c1-21(2)17-30-35(43)47-28(22(3)32-33(49-32)24-12-14-25(45-6)15-13-24)9-8-10-31(41)40-27(19-23-11-16-29(46-7)26(38)18-23)34(42)39-20-37(4,5)36(44)48-30/h8,10-16,18,21-22,27-28,30,32-33H,9,17,19-20H2,1-7H3,(H,39,42)(H,40,41)/b10-8+/t22-,27+,28-,30-,32-,33-/m0/s1. The van der Waals surface area contributed by atoms with Crippen LogP contribution in [0, 0.1) is 17.3 Å². The summed E-state index contributed by atoms with van der Waals surface area (Å²) < 4.78 is 28.4. The summed E-state index contributed by atoms with van der Waals surface area (Å²) in [6.07, 6.45) is 1.14. The number of benzene rings is 2. The molecule has 1 fully saturated rings. The summed E-state index contributed by atoms with van der Waals surface area (Å²) in [5.74, 6) is -1.42. The molecule has 0 aromatic heterocycles. The first-order valence-electron chi connectivity index (χ1n) is 16.5. The van der Waals surface area contributed by atoms with Gasteiger partial charge in [-0.3, -0.25) is 14.4 Å². The lowest BCUT2D eigenvalue weighted by Gasteiger charge is -2.29. The van der Waals surface area contributed by atoms with Crippen LogP contribution < -0.4 is 20.1 Å². The van der Waals surface area contributed by atoms with E-state index in [9.17, 15) is 19.2 Å². The second kappa shape index (κ2) is 16.5. The number of carbonyl (C=O) groups is 4. The van der Waals surface area contributed by atoms with E-state index >= 15 is 0 Å². The highest BCUT2D eigenvalue weighted by Crippen LogP contribution is 2.45. The van der Waals surface area contributed by atoms with Crippen molar-refractivity contribution in [1.82, 2.24) is 10.6 Å². The Hall–Kier alpha value is -4.09. The number of hydrogen-bond donors (Lipinski definition) is 2. The Bertz CT molecular complexity index is 1520. The van der Waals surface area contributed by atoms with Gasteiger partial charge < -0.3 is 34.3 Å². The molecule has 49 heavy (non-hydrogen) atoms. The zero-order chi connectivity index (χ0) is 35.9. The second-order valence-electron chi connectivity index (χ2n) is 13.6. The predicted molar refractivity (Wildman–Crippen MR) is 183 cm³/mol. The number of carbonyl (C=O) groups excluding carboxylic acids is 4. The van der Waals surface area contributed by atoms with Crippen molar-refractivity contribution in [3.05, 3.63) is 70.8 Å². The molecular formula is C37H47ClN2O9. The van der Waals surface area contributed by atoms with E-state index in [-0.39, 0.29) is 49.9 Å². The molecule has 0 saturated carbocycles. The van der Waals surface area contributed by atoms with Crippen LogP contribution in [-0.2, 0) is 39.8 Å². The summed E-state index contributed by atoms with van der Waals surface area (Å²) in [7, 11) is 3.10. The van der Waals surface area contributed by atoms with Crippen molar-refractivity contribution in [3.63, 3.8) is 0 Å². The van der Waals surface area contributed by atoms with Gasteiger partial charge in [0.25, 0.3) is 0 Å². The molecule has 2 heterocycles. The second-order valence-corrected chi connectivity index (χ2v) is 14.0. The molecule has 2 N–H and O–H groups in total. The molecule has 0 spiro atoms. The molecule has 1 saturated heterocycles. The first-order chi connectivity index (χ1) is 23.2. The number of halogens is 1. The summed E-state index contributed by atoms with van der Waals surface area (Å²) in [6.45, 7) is 8.88. The van der Waals surface area contributed by atoms with Crippen LogP contribution in [0.15, 0.2) is 54.6 Å². The van der Waals surface area contributed by atoms with Crippen molar-refractivity contribution in [3.8, 4) is 11.5 Å². The van der Waals surface area contributed by atoms with Gasteiger partial charge in [0.1, 0.15) is 29.7 Å². The van der Waals surface area contributed by atoms with E-state index in [1.54, 1.807) is 45.2 Å². The molecule has 2 amide bonds. The Balaban J connectivity index is 1.60. The van der Waals surface area contributed by atoms with E-state index in [0.717, 1.165) is 11.3 Å². The Morgan fingerprint density at radius 3 is 2.33 bits per heavy atom. The Morgan fingerprint density at radius 1 is 0.980 bits per heavy atom. The average molecular weight is 699 g/mol. The normalized spacial score (nSPS) is 26.1. The number of rotatable bonds is 9. The van der Waals surface area contributed by atoms with Crippen LogP contribution in [0.1, 0.15) is 64.7 Å². The maximum Gasteiger partial charge on any atom is 0.347 e. The zero-order valence-electron chi connectivity index (χ0n) is 29.1. The number of epoxide rings is 1. The van der Waals surface area contributed by atoms with Crippen molar-refractivity contribution >= 4 is 35.4 Å². The third-order valence-electron chi connectivity index (χ3n) is 8.72. The highest BCUT2D eigenvalue weighted by Gasteiger charge is 2.48. The zero-order valence-corrected chi connectivity index (χ0v) is 29.9. The van der Waals surface area contributed by atoms with E-state index in [4.69, 9.17) is 35.3 Å². The highest BCUT2D eigenvalue weighted by atomic mass is 35.5. The van der Waals surface area contributed by atoms with Crippen LogP contribution in [-0.4, -0.2) is 68.9 Å². The maximum absolute atomic E-state index is 13.6. The lowest BCUT2D eigenvalue weighted by atomic mass is 9.92.